The molecular weight excluding hydrogens is 280 g/mol. The van der Waals surface area contributed by atoms with Crippen LogP contribution in [0.1, 0.15) is 58.4 Å². The van der Waals surface area contributed by atoms with Crippen molar-refractivity contribution in [2.75, 3.05) is 0 Å². The van der Waals surface area contributed by atoms with E-state index in [4.69, 9.17) is 15.5 Å². The third-order valence-electron chi connectivity index (χ3n) is 3.80. The molecule has 112 valence electrons. The maximum absolute atomic E-state index is 6.07. The van der Waals surface area contributed by atoms with Gasteiger partial charge in [-0.3, -0.25) is 0 Å². The van der Waals surface area contributed by atoms with Gasteiger partial charge < -0.3 is 10.5 Å². The Labute approximate surface area is 130 Å². The number of benzene rings is 1. The van der Waals surface area contributed by atoms with E-state index in [0.717, 1.165) is 16.3 Å². The maximum atomic E-state index is 6.07. The summed E-state index contributed by atoms with van der Waals surface area (Å²) in [4.78, 5) is 6.01. The second-order valence-electron chi connectivity index (χ2n) is 5.98. The summed E-state index contributed by atoms with van der Waals surface area (Å²) in [6, 6.07) is 6.34. The predicted octanol–water partition coefficient (Wildman–Crippen LogP) is 4.24. The lowest BCUT2D eigenvalue weighted by Crippen LogP contribution is -2.05. The molecule has 0 aliphatic heterocycles. The number of nitrogens with zero attached hydrogens (tertiary/aromatic N) is 1. The Balaban J connectivity index is 1.76. The van der Waals surface area contributed by atoms with Crippen LogP contribution in [-0.2, 0) is 6.61 Å². The standard InChI is InChI=1S/C17H22N2OS/c1-10-4-5-11(2)14(8-10)20-9-15-19-16(13-6-7-13)17(21-15)12(3)18/h4-5,8,12-13H,6-7,9,18H2,1-3H3. The molecule has 1 aromatic heterocycles. The fraction of sp³-hybridized carbons (Fsp3) is 0.471. The van der Waals surface area contributed by atoms with E-state index in [1.807, 2.05) is 6.92 Å². The molecule has 1 fully saturated rings. The zero-order valence-corrected chi connectivity index (χ0v) is 13.7. The highest BCUT2D eigenvalue weighted by molar-refractivity contribution is 7.11. The van der Waals surface area contributed by atoms with E-state index in [2.05, 4.69) is 32.0 Å². The summed E-state index contributed by atoms with van der Waals surface area (Å²) in [6.07, 6.45) is 2.50. The van der Waals surface area contributed by atoms with Gasteiger partial charge >= 0.3 is 0 Å². The summed E-state index contributed by atoms with van der Waals surface area (Å²) in [7, 11) is 0. The molecule has 1 aliphatic carbocycles. The van der Waals surface area contributed by atoms with E-state index in [9.17, 15) is 0 Å². The second kappa shape index (κ2) is 5.78. The largest absolute Gasteiger partial charge is 0.486 e. The van der Waals surface area contributed by atoms with Gasteiger partial charge in [-0.15, -0.1) is 11.3 Å². The molecule has 21 heavy (non-hydrogen) atoms. The topological polar surface area (TPSA) is 48.1 Å². The van der Waals surface area contributed by atoms with Crippen molar-refractivity contribution in [2.45, 2.75) is 52.2 Å². The van der Waals surface area contributed by atoms with Gasteiger partial charge in [0.15, 0.2) is 0 Å². The van der Waals surface area contributed by atoms with E-state index in [-0.39, 0.29) is 6.04 Å². The molecule has 2 aromatic rings. The number of hydrogen-bond donors (Lipinski definition) is 1. The van der Waals surface area contributed by atoms with Crippen molar-refractivity contribution < 1.29 is 4.74 Å². The molecule has 3 rings (SSSR count). The van der Waals surface area contributed by atoms with Gasteiger partial charge in [0.1, 0.15) is 17.4 Å². The van der Waals surface area contributed by atoms with Gasteiger partial charge in [0.2, 0.25) is 0 Å². The van der Waals surface area contributed by atoms with Crippen molar-refractivity contribution >= 4 is 11.3 Å². The molecule has 1 heterocycles. The van der Waals surface area contributed by atoms with Gasteiger partial charge in [0, 0.05) is 16.8 Å². The van der Waals surface area contributed by atoms with Crippen LogP contribution in [0.25, 0.3) is 0 Å². The molecule has 2 N–H and O–H groups in total. The zero-order chi connectivity index (χ0) is 15.0. The van der Waals surface area contributed by atoms with E-state index in [1.54, 1.807) is 11.3 Å². The Bertz CT molecular complexity index is 625. The fourth-order valence-corrected chi connectivity index (χ4v) is 3.45. The van der Waals surface area contributed by atoms with Gasteiger partial charge in [-0.05, 0) is 50.8 Å². The molecule has 4 heteroatoms. The molecular formula is C17H22N2OS. The monoisotopic (exact) mass is 302 g/mol. The Morgan fingerprint density at radius 2 is 2.14 bits per heavy atom. The van der Waals surface area contributed by atoms with Gasteiger partial charge in [-0.25, -0.2) is 4.98 Å². The number of aromatic nitrogens is 1. The highest BCUT2D eigenvalue weighted by atomic mass is 32.1. The Kier molecular flexibility index (Phi) is 4.00. The number of hydrogen-bond acceptors (Lipinski definition) is 4. The first-order valence-corrected chi connectivity index (χ1v) is 8.31. The molecule has 3 nitrogen and oxygen atoms in total. The van der Waals surface area contributed by atoms with Gasteiger partial charge in [-0.1, -0.05) is 12.1 Å². The number of thiazole rings is 1. The maximum Gasteiger partial charge on any atom is 0.140 e. The summed E-state index contributed by atoms with van der Waals surface area (Å²) in [5.41, 5.74) is 9.66. The highest BCUT2D eigenvalue weighted by Gasteiger charge is 2.30. The molecule has 1 aromatic carbocycles. The molecule has 0 amide bonds. The van der Waals surface area contributed by atoms with Crippen LogP contribution in [-0.4, -0.2) is 4.98 Å². The average Bonchev–Trinajstić information content (AvgIpc) is 3.19. The molecule has 0 radical (unpaired) electrons. The van der Waals surface area contributed by atoms with Crippen molar-refractivity contribution in [1.82, 2.24) is 4.98 Å². The molecule has 0 bridgehead atoms. The zero-order valence-electron chi connectivity index (χ0n) is 12.8. The lowest BCUT2D eigenvalue weighted by Gasteiger charge is -2.08. The molecule has 1 atom stereocenters. The highest BCUT2D eigenvalue weighted by Crippen LogP contribution is 2.44. The summed E-state index contributed by atoms with van der Waals surface area (Å²) in [5.74, 6) is 1.58. The molecule has 1 aliphatic rings. The van der Waals surface area contributed by atoms with Crippen molar-refractivity contribution in [2.24, 2.45) is 5.73 Å². The SMILES string of the molecule is Cc1ccc(C)c(OCc2nc(C3CC3)c(C(C)N)s2)c1. The van der Waals surface area contributed by atoms with Crippen LogP contribution in [0.3, 0.4) is 0 Å². The van der Waals surface area contributed by atoms with Crippen molar-refractivity contribution in [3.8, 4) is 5.75 Å². The Hall–Kier alpha value is -1.39. The van der Waals surface area contributed by atoms with E-state index in [1.165, 1.54) is 29.0 Å². The summed E-state index contributed by atoms with van der Waals surface area (Å²) in [6.45, 7) is 6.71. The van der Waals surface area contributed by atoms with Crippen molar-refractivity contribution in [3.63, 3.8) is 0 Å². The summed E-state index contributed by atoms with van der Waals surface area (Å²) < 4.78 is 5.96. The average molecular weight is 302 g/mol. The predicted molar refractivity (Wildman–Crippen MR) is 86.9 cm³/mol. The van der Waals surface area contributed by atoms with Crippen LogP contribution in [0.15, 0.2) is 18.2 Å². The smallest absolute Gasteiger partial charge is 0.140 e. The Morgan fingerprint density at radius 1 is 1.38 bits per heavy atom. The minimum Gasteiger partial charge on any atom is -0.486 e. The Morgan fingerprint density at radius 3 is 2.81 bits per heavy atom. The van der Waals surface area contributed by atoms with Gasteiger partial charge in [-0.2, -0.15) is 0 Å². The first-order chi connectivity index (χ1) is 10.0. The van der Waals surface area contributed by atoms with Crippen LogP contribution in [0, 0.1) is 13.8 Å². The first kappa shape index (κ1) is 14.5. The molecule has 1 unspecified atom stereocenters. The fourth-order valence-electron chi connectivity index (χ4n) is 2.43. The third-order valence-corrected chi connectivity index (χ3v) is 5.04. The quantitative estimate of drug-likeness (QED) is 0.899. The van der Waals surface area contributed by atoms with Crippen molar-refractivity contribution in [1.29, 1.82) is 0 Å². The number of ether oxygens (including phenoxy) is 1. The normalized spacial score (nSPS) is 16.0. The van der Waals surface area contributed by atoms with Crippen LogP contribution < -0.4 is 10.5 Å². The van der Waals surface area contributed by atoms with E-state index >= 15 is 0 Å². The summed E-state index contributed by atoms with van der Waals surface area (Å²) >= 11 is 1.70. The minimum atomic E-state index is 0.0626. The minimum absolute atomic E-state index is 0.0626. The molecule has 0 spiro atoms. The molecule has 1 saturated carbocycles. The lowest BCUT2D eigenvalue weighted by atomic mass is 10.1. The van der Waals surface area contributed by atoms with Crippen LogP contribution in [0.2, 0.25) is 0 Å². The number of aryl methyl sites for hydroxylation is 2. The van der Waals surface area contributed by atoms with Gasteiger partial charge in [0.05, 0.1) is 5.69 Å². The number of nitrogens with two attached hydrogens (primary N) is 1. The first-order valence-electron chi connectivity index (χ1n) is 7.49. The van der Waals surface area contributed by atoms with Crippen LogP contribution in [0.5, 0.6) is 5.75 Å². The van der Waals surface area contributed by atoms with Gasteiger partial charge in [0.25, 0.3) is 0 Å². The third kappa shape index (κ3) is 3.27. The van der Waals surface area contributed by atoms with Crippen LogP contribution >= 0.6 is 11.3 Å². The second-order valence-corrected chi connectivity index (χ2v) is 7.09. The molecule has 0 saturated heterocycles. The van der Waals surface area contributed by atoms with E-state index < -0.39 is 0 Å². The summed E-state index contributed by atoms with van der Waals surface area (Å²) in [5, 5.41) is 1.03. The van der Waals surface area contributed by atoms with Crippen molar-refractivity contribution in [3.05, 3.63) is 44.9 Å². The lowest BCUT2D eigenvalue weighted by molar-refractivity contribution is 0.303. The number of rotatable bonds is 5. The van der Waals surface area contributed by atoms with Crippen LogP contribution in [0.4, 0.5) is 0 Å². The van der Waals surface area contributed by atoms with E-state index in [0.29, 0.717) is 12.5 Å².